The molecule has 0 unspecified atom stereocenters. The van der Waals surface area contributed by atoms with E-state index in [1.165, 1.54) is 5.56 Å². The average molecular weight is 236 g/mol. The zero-order valence-electron chi connectivity index (χ0n) is 10.7. The van der Waals surface area contributed by atoms with E-state index in [1.807, 2.05) is 6.07 Å². The molecule has 3 heteroatoms. The van der Waals surface area contributed by atoms with Crippen LogP contribution < -0.4 is 4.74 Å². The summed E-state index contributed by atoms with van der Waals surface area (Å²) in [6.07, 6.45) is 0.681. The first-order valence-electron chi connectivity index (χ1n) is 6.13. The molecule has 0 atom stereocenters. The van der Waals surface area contributed by atoms with Crippen molar-refractivity contribution in [2.24, 2.45) is 0 Å². The lowest BCUT2D eigenvalue weighted by molar-refractivity contribution is -0.183. The predicted octanol–water partition coefficient (Wildman–Crippen LogP) is 3.25. The van der Waals surface area contributed by atoms with Gasteiger partial charge in [-0.3, -0.25) is 0 Å². The number of methoxy groups -OCH3 is 1. The van der Waals surface area contributed by atoms with Crippen LogP contribution >= 0.6 is 0 Å². The Morgan fingerprint density at radius 3 is 2.53 bits per heavy atom. The van der Waals surface area contributed by atoms with E-state index in [-0.39, 0.29) is 6.29 Å². The second-order valence-corrected chi connectivity index (χ2v) is 4.58. The minimum Gasteiger partial charge on any atom is -0.496 e. The molecule has 0 aliphatic carbocycles. The summed E-state index contributed by atoms with van der Waals surface area (Å²) in [5.41, 5.74) is 2.27. The van der Waals surface area contributed by atoms with Crippen LogP contribution in [0, 0.1) is 0 Å². The molecule has 1 aliphatic rings. The van der Waals surface area contributed by atoms with Crippen LogP contribution in [0.1, 0.15) is 43.6 Å². The van der Waals surface area contributed by atoms with E-state index in [1.54, 1.807) is 7.11 Å². The third-order valence-corrected chi connectivity index (χ3v) is 3.00. The van der Waals surface area contributed by atoms with Crippen LogP contribution in [0.2, 0.25) is 0 Å². The molecule has 94 valence electrons. The average Bonchev–Trinajstić information content (AvgIpc) is 2.39. The Hall–Kier alpha value is -1.06. The zero-order chi connectivity index (χ0) is 12.3. The van der Waals surface area contributed by atoms with Gasteiger partial charge in [0.15, 0.2) is 6.29 Å². The molecule has 1 aromatic rings. The molecule has 0 N–H and O–H groups in total. The Balaban J connectivity index is 2.30. The van der Waals surface area contributed by atoms with E-state index >= 15 is 0 Å². The van der Waals surface area contributed by atoms with Gasteiger partial charge in [-0.15, -0.1) is 0 Å². The molecule has 1 aromatic carbocycles. The lowest BCUT2D eigenvalue weighted by atomic mass is 10.00. The van der Waals surface area contributed by atoms with Gasteiger partial charge in [-0.1, -0.05) is 19.9 Å². The smallest absolute Gasteiger partial charge is 0.187 e. The summed E-state index contributed by atoms with van der Waals surface area (Å²) < 4.78 is 16.7. The summed E-state index contributed by atoms with van der Waals surface area (Å²) in [7, 11) is 1.68. The first-order valence-corrected chi connectivity index (χ1v) is 6.13. The van der Waals surface area contributed by atoms with Crippen molar-refractivity contribution in [1.29, 1.82) is 0 Å². The maximum absolute atomic E-state index is 5.64. The fraction of sp³-hybridized carbons (Fsp3) is 0.571. The highest BCUT2D eigenvalue weighted by atomic mass is 16.7. The lowest BCUT2D eigenvalue weighted by Crippen LogP contribution is -2.18. The standard InChI is InChI=1S/C14H20O3/c1-10(2)11-5-6-13(15-3)12(9-11)14-16-7-4-8-17-14/h5-6,9-10,14H,4,7-8H2,1-3H3. The van der Waals surface area contributed by atoms with Crippen LogP contribution in [-0.2, 0) is 9.47 Å². The molecule has 0 aromatic heterocycles. The molecule has 3 nitrogen and oxygen atoms in total. The van der Waals surface area contributed by atoms with Gasteiger partial charge in [-0.05, 0) is 30.0 Å². The Morgan fingerprint density at radius 2 is 1.94 bits per heavy atom. The van der Waals surface area contributed by atoms with Crippen molar-refractivity contribution in [3.63, 3.8) is 0 Å². The van der Waals surface area contributed by atoms with Crippen LogP contribution in [0.3, 0.4) is 0 Å². The Labute approximate surface area is 103 Å². The van der Waals surface area contributed by atoms with Crippen molar-refractivity contribution < 1.29 is 14.2 Å². The van der Waals surface area contributed by atoms with Crippen LogP contribution in [0.4, 0.5) is 0 Å². The molecule has 1 heterocycles. The summed E-state index contributed by atoms with van der Waals surface area (Å²) in [6, 6.07) is 6.21. The van der Waals surface area contributed by atoms with E-state index in [2.05, 4.69) is 26.0 Å². The predicted molar refractivity (Wildman–Crippen MR) is 66.3 cm³/mol. The van der Waals surface area contributed by atoms with Crippen molar-refractivity contribution in [1.82, 2.24) is 0 Å². The van der Waals surface area contributed by atoms with Gasteiger partial charge in [-0.2, -0.15) is 0 Å². The summed E-state index contributed by atoms with van der Waals surface area (Å²) in [6.45, 7) is 5.85. The monoisotopic (exact) mass is 236 g/mol. The van der Waals surface area contributed by atoms with Crippen molar-refractivity contribution >= 4 is 0 Å². The molecule has 1 fully saturated rings. The number of ether oxygens (including phenoxy) is 3. The molecule has 0 radical (unpaired) electrons. The molecule has 0 bridgehead atoms. The third-order valence-electron chi connectivity index (χ3n) is 3.00. The first-order chi connectivity index (χ1) is 8.22. The van der Waals surface area contributed by atoms with Crippen LogP contribution in [0.5, 0.6) is 5.75 Å². The number of rotatable bonds is 3. The quantitative estimate of drug-likeness (QED) is 0.806. The summed E-state index contributed by atoms with van der Waals surface area (Å²) in [4.78, 5) is 0. The summed E-state index contributed by atoms with van der Waals surface area (Å²) in [5, 5.41) is 0. The molecule has 0 spiro atoms. The second kappa shape index (κ2) is 5.52. The van der Waals surface area contributed by atoms with E-state index in [4.69, 9.17) is 14.2 Å². The highest BCUT2D eigenvalue weighted by molar-refractivity contribution is 5.39. The van der Waals surface area contributed by atoms with Gasteiger partial charge in [0.25, 0.3) is 0 Å². The number of hydrogen-bond acceptors (Lipinski definition) is 3. The SMILES string of the molecule is COc1ccc(C(C)C)cc1C1OCCCO1. The Bertz CT molecular complexity index is 368. The van der Waals surface area contributed by atoms with Crippen LogP contribution in [0.25, 0.3) is 0 Å². The Morgan fingerprint density at radius 1 is 1.24 bits per heavy atom. The van der Waals surface area contributed by atoms with Gasteiger partial charge in [0.2, 0.25) is 0 Å². The highest BCUT2D eigenvalue weighted by Crippen LogP contribution is 2.33. The van der Waals surface area contributed by atoms with Gasteiger partial charge < -0.3 is 14.2 Å². The Kier molecular flexibility index (Phi) is 4.02. The van der Waals surface area contributed by atoms with E-state index in [0.717, 1.165) is 30.9 Å². The van der Waals surface area contributed by atoms with Gasteiger partial charge in [0, 0.05) is 5.56 Å². The first kappa shape index (κ1) is 12.4. The maximum Gasteiger partial charge on any atom is 0.187 e. The van der Waals surface area contributed by atoms with Gasteiger partial charge >= 0.3 is 0 Å². The van der Waals surface area contributed by atoms with E-state index in [9.17, 15) is 0 Å². The largest absolute Gasteiger partial charge is 0.496 e. The van der Waals surface area contributed by atoms with Crippen molar-refractivity contribution in [2.75, 3.05) is 20.3 Å². The second-order valence-electron chi connectivity index (χ2n) is 4.58. The topological polar surface area (TPSA) is 27.7 Å². The molecule has 0 saturated carbocycles. The van der Waals surface area contributed by atoms with Crippen molar-refractivity contribution in [3.05, 3.63) is 29.3 Å². The molecule has 1 saturated heterocycles. The minimum absolute atomic E-state index is 0.280. The molecule has 1 aliphatic heterocycles. The molecule has 2 rings (SSSR count). The highest BCUT2D eigenvalue weighted by Gasteiger charge is 2.21. The van der Waals surface area contributed by atoms with E-state index in [0.29, 0.717) is 5.92 Å². The summed E-state index contributed by atoms with van der Waals surface area (Å²) >= 11 is 0. The lowest BCUT2D eigenvalue weighted by Gasteiger charge is -2.25. The summed E-state index contributed by atoms with van der Waals surface area (Å²) in [5.74, 6) is 1.32. The fourth-order valence-electron chi connectivity index (χ4n) is 1.96. The third kappa shape index (κ3) is 2.79. The van der Waals surface area contributed by atoms with Crippen molar-refractivity contribution in [3.8, 4) is 5.75 Å². The van der Waals surface area contributed by atoms with Gasteiger partial charge in [-0.25, -0.2) is 0 Å². The van der Waals surface area contributed by atoms with E-state index < -0.39 is 0 Å². The molecule has 17 heavy (non-hydrogen) atoms. The maximum atomic E-state index is 5.64. The molecule has 0 amide bonds. The number of hydrogen-bond donors (Lipinski definition) is 0. The van der Waals surface area contributed by atoms with Crippen molar-refractivity contribution in [2.45, 2.75) is 32.5 Å². The van der Waals surface area contributed by atoms with Crippen LogP contribution in [-0.4, -0.2) is 20.3 Å². The fourth-order valence-corrected chi connectivity index (χ4v) is 1.96. The van der Waals surface area contributed by atoms with Crippen LogP contribution in [0.15, 0.2) is 18.2 Å². The van der Waals surface area contributed by atoms with Gasteiger partial charge in [0.05, 0.1) is 20.3 Å². The zero-order valence-corrected chi connectivity index (χ0v) is 10.7. The number of benzene rings is 1. The molecular weight excluding hydrogens is 216 g/mol. The molecular formula is C14H20O3. The normalized spacial score (nSPS) is 17.4. The van der Waals surface area contributed by atoms with Gasteiger partial charge in [0.1, 0.15) is 5.75 Å². The minimum atomic E-state index is -0.280.